The number of fused-ring (bicyclic) bond motifs is 1. The Bertz CT molecular complexity index is 1060. The molecule has 1 aliphatic rings. The van der Waals surface area contributed by atoms with Gasteiger partial charge in [0.25, 0.3) is 0 Å². The second-order valence-electron chi connectivity index (χ2n) is 7.82. The molecule has 1 N–H and O–H groups in total. The van der Waals surface area contributed by atoms with Crippen LogP contribution >= 0.6 is 23.4 Å². The Kier molecular flexibility index (Phi) is 7.89. The van der Waals surface area contributed by atoms with Gasteiger partial charge in [0.05, 0.1) is 22.0 Å². The van der Waals surface area contributed by atoms with Crippen LogP contribution in [-0.2, 0) is 30.4 Å². The van der Waals surface area contributed by atoms with Crippen LogP contribution in [-0.4, -0.2) is 46.8 Å². The molecular formula is C21H24ClF3N4O2S. The third-order valence-electron chi connectivity index (χ3n) is 5.13. The molecule has 1 heterocycles. The van der Waals surface area contributed by atoms with Gasteiger partial charge in [0.15, 0.2) is 0 Å². The molecule has 0 spiro atoms. The van der Waals surface area contributed by atoms with Gasteiger partial charge in [0.1, 0.15) is 5.03 Å². The van der Waals surface area contributed by atoms with Crippen molar-refractivity contribution >= 4 is 35.0 Å². The van der Waals surface area contributed by atoms with E-state index < -0.39 is 17.6 Å². The number of carbonyl (C=O) groups excluding carboxylic acids is 1. The molecule has 0 bridgehead atoms. The minimum atomic E-state index is -4.54. The molecule has 0 atom stereocenters. The number of anilines is 1. The quantitative estimate of drug-likeness (QED) is 0.470. The first-order valence-corrected chi connectivity index (χ1v) is 11.5. The molecule has 1 aromatic carbocycles. The number of benzene rings is 1. The fourth-order valence-corrected chi connectivity index (χ4v) is 4.56. The lowest BCUT2D eigenvalue weighted by molar-refractivity contribution is -0.137. The number of thioether (sulfide) groups is 1. The zero-order valence-electron chi connectivity index (χ0n) is 17.8. The van der Waals surface area contributed by atoms with Crippen LogP contribution in [0.1, 0.15) is 29.7 Å². The molecule has 2 aromatic rings. The van der Waals surface area contributed by atoms with Crippen molar-refractivity contribution in [2.45, 2.75) is 43.4 Å². The molecular weight excluding hydrogens is 465 g/mol. The van der Waals surface area contributed by atoms with Crippen molar-refractivity contribution in [1.82, 2.24) is 14.5 Å². The summed E-state index contributed by atoms with van der Waals surface area (Å²) in [7, 11) is 3.87. The highest BCUT2D eigenvalue weighted by Crippen LogP contribution is 2.34. The van der Waals surface area contributed by atoms with Crippen LogP contribution < -0.4 is 11.0 Å². The number of nitrogens with zero attached hydrogens (tertiary/aromatic N) is 3. The number of nitrogens with one attached hydrogen (secondary N) is 1. The normalized spacial score (nSPS) is 13.8. The van der Waals surface area contributed by atoms with E-state index in [9.17, 15) is 22.8 Å². The molecule has 1 amide bonds. The van der Waals surface area contributed by atoms with E-state index in [0.717, 1.165) is 66.9 Å². The van der Waals surface area contributed by atoms with Crippen molar-refractivity contribution in [3.05, 3.63) is 50.5 Å². The van der Waals surface area contributed by atoms with Crippen molar-refractivity contribution in [2.24, 2.45) is 0 Å². The van der Waals surface area contributed by atoms with E-state index in [1.807, 2.05) is 19.0 Å². The zero-order chi connectivity index (χ0) is 23.5. The van der Waals surface area contributed by atoms with Crippen LogP contribution in [0.2, 0.25) is 5.02 Å². The van der Waals surface area contributed by atoms with Gasteiger partial charge in [-0.05, 0) is 58.0 Å². The highest BCUT2D eigenvalue weighted by Gasteiger charge is 2.31. The van der Waals surface area contributed by atoms with Crippen LogP contribution in [0.3, 0.4) is 0 Å². The monoisotopic (exact) mass is 488 g/mol. The molecule has 32 heavy (non-hydrogen) atoms. The Morgan fingerprint density at radius 1 is 1.28 bits per heavy atom. The molecule has 11 heteroatoms. The number of alkyl halides is 3. The van der Waals surface area contributed by atoms with Crippen LogP contribution in [0.4, 0.5) is 18.9 Å². The molecule has 0 fully saturated rings. The summed E-state index contributed by atoms with van der Waals surface area (Å²) in [6.45, 7) is 1.25. The highest BCUT2D eigenvalue weighted by atomic mass is 35.5. The second-order valence-corrected chi connectivity index (χ2v) is 9.19. The van der Waals surface area contributed by atoms with Gasteiger partial charge in [-0.1, -0.05) is 23.4 Å². The summed E-state index contributed by atoms with van der Waals surface area (Å²) in [6.07, 6.45) is -1.04. The minimum absolute atomic E-state index is 0.00958. The summed E-state index contributed by atoms with van der Waals surface area (Å²) in [5.41, 5.74) is 0.575. The number of halogens is 4. The van der Waals surface area contributed by atoms with Crippen LogP contribution in [0.5, 0.6) is 0 Å². The first-order chi connectivity index (χ1) is 15.1. The van der Waals surface area contributed by atoms with E-state index >= 15 is 0 Å². The summed E-state index contributed by atoms with van der Waals surface area (Å²) in [5, 5.41) is 2.94. The largest absolute Gasteiger partial charge is 0.416 e. The molecule has 0 radical (unpaired) electrons. The zero-order valence-corrected chi connectivity index (χ0v) is 19.3. The highest BCUT2D eigenvalue weighted by molar-refractivity contribution is 8.00. The fraction of sp³-hybridized carbons (Fsp3) is 0.476. The molecule has 0 aliphatic heterocycles. The molecule has 1 aliphatic carbocycles. The van der Waals surface area contributed by atoms with Crippen molar-refractivity contribution in [2.75, 3.05) is 31.7 Å². The third kappa shape index (κ3) is 6.05. The van der Waals surface area contributed by atoms with E-state index in [2.05, 4.69) is 10.3 Å². The maximum Gasteiger partial charge on any atom is 0.416 e. The van der Waals surface area contributed by atoms with Gasteiger partial charge < -0.3 is 10.2 Å². The van der Waals surface area contributed by atoms with E-state index in [0.29, 0.717) is 18.1 Å². The van der Waals surface area contributed by atoms with E-state index in [4.69, 9.17) is 11.6 Å². The number of aromatic nitrogens is 2. The molecule has 3 rings (SSSR count). The number of hydrogen-bond acceptors (Lipinski definition) is 5. The Morgan fingerprint density at radius 3 is 2.69 bits per heavy atom. The number of hydrogen-bond donors (Lipinski definition) is 1. The summed E-state index contributed by atoms with van der Waals surface area (Å²) in [5.74, 6) is -0.632. The summed E-state index contributed by atoms with van der Waals surface area (Å²) in [4.78, 5) is 31.2. The van der Waals surface area contributed by atoms with Gasteiger partial charge in [-0.15, -0.1) is 0 Å². The first-order valence-electron chi connectivity index (χ1n) is 10.1. The van der Waals surface area contributed by atoms with Crippen LogP contribution in [0, 0.1) is 0 Å². The van der Waals surface area contributed by atoms with Crippen molar-refractivity contribution < 1.29 is 18.0 Å². The van der Waals surface area contributed by atoms with E-state index in [-0.39, 0.29) is 22.2 Å². The lowest BCUT2D eigenvalue weighted by Crippen LogP contribution is -2.33. The predicted octanol–water partition coefficient (Wildman–Crippen LogP) is 4.09. The summed E-state index contributed by atoms with van der Waals surface area (Å²) >= 11 is 7.06. The van der Waals surface area contributed by atoms with E-state index in [1.165, 1.54) is 0 Å². The molecule has 0 saturated carbocycles. The Hall–Kier alpha value is -2.04. The molecule has 174 valence electrons. The molecule has 0 saturated heterocycles. The SMILES string of the molecule is CN(C)CCn1c2c(c(SCC(=O)Nc3cc(C(F)(F)F)ccc3Cl)nc1=O)CCCC2. The van der Waals surface area contributed by atoms with Gasteiger partial charge in [-0.3, -0.25) is 9.36 Å². The van der Waals surface area contributed by atoms with E-state index in [1.54, 1.807) is 4.57 Å². The Labute approximate surface area is 193 Å². The molecule has 0 unspecified atom stereocenters. The lowest BCUT2D eigenvalue weighted by atomic mass is 9.97. The predicted molar refractivity (Wildman–Crippen MR) is 120 cm³/mol. The standard InChI is InChI=1S/C21H24ClF3N4O2S/c1-28(2)9-10-29-17-6-4-3-5-14(17)19(27-20(29)31)32-12-18(30)26-16-11-13(21(23,24)25)7-8-15(16)22/h7-8,11H,3-6,9-10,12H2,1-2H3,(H,26,30). The van der Waals surface area contributed by atoms with Crippen molar-refractivity contribution in [1.29, 1.82) is 0 Å². The number of carbonyl (C=O) groups is 1. The average molecular weight is 489 g/mol. The number of likely N-dealkylation sites (N-methyl/N-ethyl adjacent to an activating group) is 1. The van der Waals surface area contributed by atoms with Gasteiger partial charge in [0, 0.05) is 24.3 Å². The Balaban J connectivity index is 1.75. The van der Waals surface area contributed by atoms with Crippen LogP contribution in [0.25, 0.3) is 0 Å². The van der Waals surface area contributed by atoms with Gasteiger partial charge in [-0.25, -0.2) is 4.79 Å². The molecule has 6 nitrogen and oxygen atoms in total. The average Bonchev–Trinajstić information content (AvgIpc) is 2.72. The first kappa shape index (κ1) is 24.6. The maximum atomic E-state index is 12.9. The lowest BCUT2D eigenvalue weighted by Gasteiger charge is -2.23. The second kappa shape index (κ2) is 10.3. The van der Waals surface area contributed by atoms with Gasteiger partial charge >= 0.3 is 11.9 Å². The topological polar surface area (TPSA) is 67.2 Å². The van der Waals surface area contributed by atoms with Gasteiger partial charge in [0.2, 0.25) is 5.91 Å². The summed E-state index contributed by atoms with van der Waals surface area (Å²) in [6, 6.07) is 2.75. The van der Waals surface area contributed by atoms with Crippen molar-refractivity contribution in [3.63, 3.8) is 0 Å². The maximum absolute atomic E-state index is 12.9. The number of amides is 1. The Morgan fingerprint density at radius 2 is 2.00 bits per heavy atom. The van der Waals surface area contributed by atoms with Crippen LogP contribution in [0.15, 0.2) is 28.0 Å². The van der Waals surface area contributed by atoms with Gasteiger partial charge in [-0.2, -0.15) is 18.2 Å². The number of rotatable bonds is 7. The minimum Gasteiger partial charge on any atom is -0.324 e. The fourth-order valence-electron chi connectivity index (χ4n) is 3.52. The smallest absolute Gasteiger partial charge is 0.324 e. The molecule has 1 aromatic heterocycles. The third-order valence-corrected chi connectivity index (χ3v) is 6.48. The summed E-state index contributed by atoms with van der Waals surface area (Å²) < 4.78 is 40.5. The van der Waals surface area contributed by atoms with Crippen molar-refractivity contribution in [3.8, 4) is 0 Å².